The molecular formula is C23H23N3. The minimum Gasteiger partial charge on any atom is -0.343 e. The molecule has 26 heavy (non-hydrogen) atoms. The van der Waals surface area contributed by atoms with Gasteiger partial charge in [0.25, 0.3) is 0 Å². The summed E-state index contributed by atoms with van der Waals surface area (Å²) in [5, 5.41) is 4.86. The number of nitrogens with zero attached hydrogens (tertiary/aromatic N) is 2. The zero-order valence-corrected chi connectivity index (χ0v) is 15.0. The van der Waals surface area contributed by atoms with E-state index in [2.05, 4.69) is 82.6 Å². The number of para-hydroxylation sites is 1. The van der Waals surface area contributed by atoms with Gasteiger partial charge < -0.3 is 9.88 Å². The van der Waals surface area contributed by atoms with Crippen LogP contribution in [0.3, 0.4) is 0 Å². The maximum Gasteiger partial charge on any atom is 0.0486 e. The van der Waals surface area contributed by atoms with Crippen LogP contribution in [0, 0.1) is 6.92 Å². The number of nitrogens with one attached hydrogen (secondary N) is 1. The second-order valence-electron chi connectivity index (χ2n) is 6.69. The van der Waals surface area contributed by atoms with Gasteiger partial charge in [-0.25, -0.2) is 0 Å². The van der Waals surface area contributed by atoms with E-state index < -0.39 is 0 Å². The Bertz CT molecular complexity index is 1000. The average molecular weight is 341 g/mol. The minimum atomic E-state index is 0.825. The van der Waals surface area contributed by atoms with Crippen LogP contribution in [-0.2, 0) is 19.6 Å². The molecule has 3 nitrogen and oxygen atoms in total. The third-order valence-electron chi connectivity index (χ3n) is 4.84. The van der Waals surface area contributed by atoms with Crippen molar-refractivity contribution in [2.75, 3.05) is 0 Å². The van der Waals surface area contributed by atoms with Gasteiger partial charge in [-0.15, -0.1) is 0 Å². The zero-order chi connectivity index (χ0) is 17.8. The lowest BCUT2D eigenvalue weighted by Gasteiger charge is -2.08. The highest BCUT2D eigenvalue weighted by Crippen LogP contribution is 2.23. The van der Waals surface area contributed by atoms with Gasteiger partial charge in [0.05, 0.1) is 0 Å². The summed E-state index contributed by atoms with van der Waals surface area (Å²) in [6, 6.07) is 21.3. The van der Waals surface area contributed by atoms with E-state index >= 15 is 0 Å². The lowest BCUT2D eigenvalue weighted by molar-refractivity contribution is 0.690. The fraction of sp³-hybridized carbons (Fsp3) is 0.174. The molecule has 130 valence electrons. The number of hydrogen-bond acceptors (Lipinski definition) is 2. The van der Waals surface area contributed by atoms with Crippen LogP contribution in [0.25, 0.3) is 10.9 Å². The molecule has 0 radical (unpaired) electrons. The summed E-state index contributed by atoms with van der Waals surface area (Å²) >= 11 is 0. The number of rotatable bonds is 6. The third kappa shape index (κ3) is 3.53. The van der Waals surface area contributed by atoms with E-state index in [0.717, 1.165) is 19.6 Å². The van der Waals surface area contributed by atoms with Crippen molar-refractivity contribution in [2.45, 2.75) is 26.6 Å². The van der Waals surface area contributed by atoms with Crippen LogP contribution in [-0.4, -0.2) is 9.55 Å². The van der Waals surface area contributed by atoms with Crippen molar-refractivity contribution in [2.24, 2.45) is 0 Å². The molecule has 0 aliphatic rings. The fourth-order valence-electron chi connectivity index (χ4n) is 3.41. The molecule has 0 spiro atoms. The number of aryl methyl sites for hydroxylation is 1. The van der Waals surface area contributed by atoms with E-state index in [0.29, 0.717) is 0 Å². The second-order valence-corrected chi connectivity index (χ2v) is 6.69. The molecule has 0 saturated heterocycles. The fourth-order valence-corrected chi connectivity index (χ4v) is 3.41. The van der Waals surface area contributed by atoms with Crippen LogP contribution in [0.1, 0.15) is 22.3 Å². The first kappa shape index (κ1) is 16.6. The van der Waals surface area contributed by atoms with Crippen molar-refractivity contribution >= 4 is 10.9 Å². The smallest absolute Gasteiger partial charge is 0.0486 e. The lowest BCUT2D eigenvalue weighted by atomic mass is 10.1. The van der Waals surface area contributed by atoms with Gasteiger partial charge in [-0.3, -0.25) is 4.98 Å². The van der Waals surface area contributed by atoms with Gasteiger partial charge in [0.15, 0.2) is 0 Å². The van der Waals surface area contributed by atoms with Gasteiger partial charge in [-0.2, -0.15) is 0 Å². The SMILES string of the molecule is Cc1ccccc1Cn1cc(CNCc2cccnc2)c2ccccc21. The molecule has 3 heteroatoms. The Labute approximate surface area is 154 Å². The zero-order valence-electron chi connectivity index (χ0n) is 15.0. The van der Waals surface area contributed by atoms with Gasteiger partial charge in [-0.05, 0) is 41.3 Å². The van der Waals surface area contributed by atoms with Crippen molar-refractivity contribution < 1.29 is 0 Å². The average Bonchev–Trinajstić information content (AvgIpc) is 3.02. The molecule has 0 unspecified atom stereocenters. The van der Waals surface area contributed by atoms with E-state index in [1.165, 1.54) is 33.2 Å². The van der Waals surface area contributed by atoms with Crippen LogP contribution in [0.15, 0.2) is 79.3 Å². The largest absolute Gasteiger partial charge is 0.343 e. The molecule has 4 rings (SSSR count). The highest BCUT2D eigenvalue weighted by atomic mass is 15.0. The van der Waals surface area contributed by atoms with Gasteiger partial charge in [0, 0.05) is 49.1 Å². The predicted octanol–water partition coefficient (Wildman–Crippen LogP) is 4.68. The summed E-state index contributed by atoms with van der Waals surface area (Å²) in [4.78, 5) is 4.18. The maximum absolute atomic E-state index is 4.18. The second kappa shape index (κ2) is 7.54. The molecule has 0 fully saturated rings. The predicted molar refractivity (Wildman–Crippen MR) is 107 cm³/mol. The van der Waals surface area contributed by atoms with Crippen LogP contribution < -0.4 is 5.32 Å². The molecular weight excluding hydrogens is 318 g/mol. The highest BCUT2D eigenvalue weighted by Gasteiger charge is 2.09. The number of fused-ring (bicyclic) bond motifs is 1. The molecule has 0 bridgehead atoms. The van der Waals surface area contributed by atoms with Crippen LogP contribution in [0.2, 0.25) is 0 Å². The molecule has 0 aliphatic carbocycles. The van der Waals surface area contributed by atoms with E-state index in [1.54, 1.807) is 0 Å². The van der Waals surface area contributed by atoms with Crippen molar-refractivity contribution in [1.29, 1.82) is 0 Å². The summed E-state index contributed by atoms with van der Waals surface area (Å²) in [5.74, 6) is 0. The molecule has 2 aromatic carbocycles. The van der Waals surface area contributed by atoms with Crippen LogP contribution >= 0.6 is 0 Å². The summed E-state index contributed by atoms with van der Waals surface area (Å²) in [6.07, 6.45) is 6.00. The Kier molecular flexibility index (Phi) is 4.80. The highest BCUT2D eigenvalue weighted by molar-refractivity contribution is 5.84. The van der Waals surface area contributed by atoms with Gasteiger partial charge in [-0.1, -0.05) is 48.5 Å². The van der Waals surface area contributed by atoms with Gasteiger partial charge >= 0.3 is 0 Å². The van der Waals surface area contributed by atoms with Crippen LogP contribution in [0.4, 0.5) is 0 Å². The van der Waals surface area contributed by atoms with Crippen LogP contribution in [0.5, 0.6) is 0 Å². The number of hydrogen-bond donors (Lipinski definition) is 1. The molecule has 1 N–H and O–H groups in total. The summed E-state index contributed by atoms with van der Waals surface area (Å²) in [6.45, 7) is 4.74. The Morgan fingerprint density at radius 1 is 0.885 bits per heavy atom. The van der Waals surface area contributed by atoms with Crippen molar-refractivity contribution in [3.63, 3.8) is 0 Å². The van der Waals surface area contributed by atoms with Crippen molar-refractivity contribution in [3.8, 4) is 0 Å². The maximum atomic E-state index is 4.18. The number of aromatic nitrogens is 2. The Hall–Kier alpha value is -2.91. The van der Waals surface area contributed by atoms with E-state index in [4.69, 9.17) is 0 Å². The minimum absolute atomic E-state index is 0.825. The first-order valence-electron chi connectivity index (χ1n) is 9.02. The first-order chi connectivity index (χ1) is 12.8. The molecule has 2 aromatic heterocycles. The summed E-state index contributed by atoms with van der Waals surface area (Å²) in [5.41, 5.74) is 6.52. The Morgan fingerprint density at radius 3 is 2.58 bits per heavy atom. The summed E-state index contributed by atoms with van der Waals surface area (Å²) in [7, 11) is 0. The van der Waals surface area contributed by atoms with Crippen molar-refractivity contribution in [3.05, 3.63) is 102 Å². The topological polar surface area (TPSA) is 29.9 Å². The monoisotopic (exact) mass is 341 g/mol. The van der Waals surface area contributed by atoms with E-state index in [-0.39, 0.29) is 0 Å². The molecule has 4 aromatic rings. The normalized spacial score (nSPS) is 11.1. The molecule has 0 amide bonds. The quantitative estimate of drug-likeness (QED) is 0.552. The number of pyridine rings is 1. The first-order valence-corrected chi connectivity index (χ1v) is 9.02. The van der Waals surface area contributed by atoms with Crippen molar-refractivity contribution in [1.82, 2.24) is 14.9 Å². The van der Waals surface area contributed by atoms with E-state index in [1.807, 2.05) is 18.5 Å². The summed E-state index contributed by atoms with van der Waals surface area (Å²) < 4.78 is 2.36. The molecule has 2 heterocycles. The molecule has 0 atom stereocenters. The van der Waals surface area contributed by atoms with Gasteiger partial charge in [0.2, 0.25) is 0 Å². The lowest BCUT2D eigenvalue weighted by Crippen LogP contribution is -2.12. The standard InChI is InChI=1S/C23H23N3/c1-18-7-2-3-9-20(18)16-26-17-21(22-10-4-5-11-23(22)26)15-25-14-19-8-6-12-24-13-19/h2-13,17,25H,14-16H2,1H3. The van der Waals surface area contributed by atoms with E-state index in [9.17, 15) is 0 Å². The Balaban J connectivity index is 1.57. The molecule has 0 saturated carbocycles. The number of benzene rings is 2. The molecule has 0 aliphatic heterocycles. The van der Waals surface area contributed by atoms with Gasteiger partial charge in [0.1, 0.15) is 0 Å². The Morgan fingerprint density at radius 2 is 1.73 bits per heavy atom. The third-order valence-corrected chi connectivity index (χ3v) is 4.84.